The molecule has 0 radical (unpaired) electrons. The molecule has 0 aromatic heterocycles. The van der Waals surface area contributed by atoms with Crippen molar-refractivity contribution in [3.05, 3.63) is 0 Å². The Bertz CT molecular complexity index is 304. The molecule has 0 bridgehead atoms. The summed E-state index contributed by atoms with van der Waals surface area (Å²) in [7, 11) is 0. The number of likely N-dealkylation sites (tertiary alicyclic amines) is 1. The van der Waals surface area contributed by atoms with Gasteiger partial charge in [-0.1, -0.05) is 5.92 Å². The number of terminal acetylenes is 1. The van der Waals surface area contributed by atoms with Crippen molar-refractivity contribution in [2.24, 2.45) is 5.92 Å². The van der Waals surface area contributed by atoms with Crippen LogP contribution >= 0.6 is 0 Å². The van der Waals surface area contributed by atoms with Crippen LogP contribution in [0.25, 0.3) is 0 Å². The molecule has 0 spiro atoms. The zero-order valence-corrected chi connectivity index (χ0v) is 10.3. The van der Waals surface area contributed by atoms with E-state index in [1.54, 1.807) is 0 Å². The number of nitrogens with one attached hydrogen (secondary N) is 1. The van der Waals surface area contributed by atoms with Crippen LogP contribution in [0.15, 0.2) is 0 Å². The Morgan fingerprint density at radius 3 is 2.82 bits per heavy atom. The van der Waals surface area contributed by atoms with Crippen molar-refractivity contribution in [3.8, 4) is 12.3 Å². The molecular formula is C13H21N3O. The zero-order chi connectivity index (χ0) is 12.1. The highest BCUT2D eigenvalue weighted by Gasteiger charge is 2.29. The first-order chi connectivity index (χ1) is 8.31. The average molecular weight is 235 g/mol. The van der Waals surface area contributed by atoms with E-state index in [0.29, 0.717) is 12.5 Å². The SMILES string of the molecule is C#CCN1CCCC(C(=O)N2CCNCC2)C1. The van der Waals surface area contributed by atoms with Gasteiger partial charge in [0.1, 0.15) is 0 Å². The minimum atomic E-state index is 0.162. The molecule has 1 unspecified atom stereocenters. The Morgan fingerprint density at radius 1 is 1.35 bits per heavy atom. The van der Waals surface area contributed by atoms with E-state index in [-0.39, 0.29) is 5.92 Å². The number of hydrogen-bond acceptors (Lipinski definition) is 3. The molecule has 0 aromatic carbocycles. The van der Waals surface area contributed by atoms with Crippen molar-refractivity contribution in [3.63, 3.8) is 0 Å². The van der Waals surface area contributed by atoms with E-state index in [9.17, 15) is 4.79 Å². The summed E-state index contributed by atoms with van der Waals surface area (Å²) in [6, 6.07) is 0. The Hall–Kier alpha value is -1.05. The second-order valence-corrected chi connectivity index (χ2v) is 4.85. The van der Waals surface area contributed by atoms with Crippen LogP contribution < -0.4 is 5.32 Å². The van der Waals surface area contributed by atoms with Crippen LogP contribution in [-0.4, -0.2) is 61.5 Å². The number of piperazine rings is 1. The van der Waals surface area contributed by atoms with Crippen LogP contribution in [0, 0.1) is 18.3 Å². The molecule has 17 heavy (non-hydrogen) atoms. The predicted molar refractivity (Wildman–Crippen MR) is 67.4 cm³/mol. The maximum Gasteiger partial charge on any atom is 0.227 e. The maximum absolute atomic E-state index is 12.3. The first kappa shape index (κ1) is 12.4. The summed E-state index contributed by atoms with van der Waals surface area (Å²) >= 11 is 0. The van der Waals surface area contributed by atoms with Crippen LogP contribution in [0.2, 0.25) is 0 Å². The monoisotopic (exact) mass is 235 g/mol. The fourth-order valence-corrected chi connectivity index (χ4v) is 2.67. The van der Waals surface area contributed by atoms with E-state index in [1.807, 2.05) is 4.90 Å². The van der Waals surface area contributed by atoms with Gasteiger partial charge in [0.25, 0.3) is 0 Å². The smallest absolute Gasteiger partial charge is 0.227 e. The third kappa shape index (κ3) is 3.21. The number of carbonyl (C=O) groups excluding carboxylic acids is 1. The van der Waals surface area contributed by atoms with Crippen LogP contribution in [0.4, 0.5) is 0 Å². The lowest BCUT2D eigenvalue weighted by atomic mass is 9.96. The molecule has 4 nitrogen and oxygen atoms in total. The van der Waals surface area contributed by atoms with E-state index in [0.717, 1.165) is 52.1 Å². The van der Waals surface area contributed by atoms with Crippen LogP contribution in [-0.2, 0) is 4.79 Å². The molecule has 1 N–H and O–H groups in total. The normalized spacial score (nSPS) is 26.5. The van der Waals surface area contributed by atoms with Crippen molar-refractivity contribution in [1.29, 1.82) is 0 Å². The highest BCUT2D eigenvalue weighted by atomic mass is 16.2. The van der Waals surface area contributed by atoms with Crippen LogP contribution in [0.3, 0.4) is 0 Å². The lowest BCUT2D eigenvalue weighted by molar-refractivity contribution is -0.137. The molecule has 0 aromatic rings. The van der Waals surface area contributed by atoms with Gasteiger partial charge in [0.2, 0.25) is 5.91 Å². The van der Waals surface area contributed by atoms with Crippen molar-refractivity contribution in [1.82, 2.24) is 15.1 Å². The first-order valence-electron chi connectivity index (χ1n) is 6.46. The fourth-order valence-electron chi connectivity index (χ4n) is 2.67. The van der Waals surface area contributed by atoms with Gasteiger partial charge < -0.3 is 10.2 Å². The molecule has 94 valence electrons. The van der Waals surface area contributed by atoms with Gasteiger partial charge >= 0.3 is 0 Å². The summed E-state index contributed by atoms with van der Waals surface area (Å²) in [5.41, 5.74) is 0. The van der Waals surface area contributed by atoms with Gasteiger partial charge in [-0.05, 0) is 19.4 Å². The second-order valence-electron chi connectivity index (χ2n) is 4.85. The van der Waals surface area contributed by atoms with E-state index in [4.69, 9.17) is 6.42 Å². The number of nitrogens with zero attached hydrogens (tertiary/aromatic N) is 2. The van der Waals surface area contributed by atoms with Gasteiger partial charge in [-0.3, -0.25) is 9.69 Å². The quantitative estimate of drug-likeness (QED) is 0.671. The summed E-state index contributed by atoms with van der Waals surface area (Å²) in [5, 5.41) is 3.27. The Kier molecular flexibility index (Phi) is 4.41. The molecule has 2 rings (SSSR count). The summed E-state index contributed by atoms with van der Waals surface area (Å²) in [6.45, 7) is 6.10. The van der Waals surface area contributed by atoms with Gasteiger partial charge in [-0.15, -0.1) is 6.42 Å². The van der Waals surface area contributed by atoms with Crippen LogP contribution in [0.5, 0.6) is 0 Å². The van der Waals surface area contributed by atoms with E-state index < -0.39 is 0 Å². The predicted octanol–water partition coefficient (Wildman–Crippen LogP) is -0.237. The van der Waals surface area contributed by atoms with Gasteiger partial charge in [0.15, 0.2) is 0 Å². The van der Waals surface area contributed by atoms with E-state index in [2.05, 4.69) is 16.1 Å². The number of piperidine rings is 1. The van der Waals surface area contributed by atoms with Crippen molar-refractivity contribution < 1.29 is 4.79 Å². The number of rotatable bonds is 2. The molecule has 0 saturated carbocycles. The lowest BCUT2D eigenvalue weighted by Gasteiger charge is -2.35. The molecule has 2 aliphatic rings. The summed E-state index contributed by atoms with van der Waals surface area (Å²) < 4.78 is 0. The molecule has 2 fully saturated rings. The topological polar surface area (TPSA) is 35.6 Å². The fraction of sp³-hybridized carbons (Fsp3) is 0.769. The van der Waals surface area contributed by atoms with Gasteiger partial charge in [0, 0.05) is 32.7 Å². The highest BCUT2D eigenvalue weighted by molar-refractivity contribution is 5.79. The highest BCUT2D eigenvalue weighted by Crippen LogP contribution is 2.18. The van der Waals surface area contributed by atoms with Gasteiger partial charge in [-0.25, -0.2) is 0 Å². The van der Waals surface area contributed by atoms with E-state index >= 15 is 0 Å². The lowest BCUT2D eigenvalue weighted by Crippen LogP contribution is -2.51. The third-order valence-electron chi connectivity index (χ3n) is 3.60. The summed E-state index contributed by atoms with van der Waals surface area (Å²) in [6.07, 6.45) is 7.43. The molecule has 4 heteroatoms. The van der Waals surface area contributed by atoms with Crippen LogP contribution in [0.1, 0.15) is 12.8 Å². The largest absolute Gasteiger partial charge is 0.340 e. The number of carbonyl (C=O) groups is 1. The Balaban J connectivity index is 1.87. The van der Waals surface area contributed by atoms with Gasteiger partial charge in [-0.2, -0.15) is 0 Å². The molecule has 1 amide bonds. The number of amides is 1. The second kappa shape index (κ2) is 6.04. The summed E-state index contributed by atoms with van der Waals surface area (Å²) in [4.78, 5) is 16.5. The Labute approximate surface area is 103 Å². The standard InChI is InChI=1S/C13H21N3O/c1-2-7-15-8-3-4-12(11-15)13(17)16-9-5-14-6-10-16/h1,12,14H,3-11H2. The van der Waals surface area contributed by atoms with Gasteiger partial charge in [0.05, 0.1) is 12.5 Å². The zero-order valence-electron chi connectivity index (χ0n) is 10.3. The van der Waals surface area contributed by atoms with Crippen molar-refractivity contribution in [2.45, 2.75) is 12.8 Å². The summed E-state index contributed by atoms with van der Waals surface area (Å²) in [5.74, 6) is 3.16. The molecule has 1 atom stereocenters. The number of hydrogen-bond donors (Lipinski definition) is 1. The minimum Gasteiger partial charge on any atom is -0.340 e. The molecule has 2 aliphatic heterocycles. The maximum atomic E-state index is 12.3. The molecule has 2 heterocycles. The Morgan fingerprint density at radius 2 is 2.12 bits per heavy atom. The molecular weight excluding hydrogens is 214 g/mol. The van der Waals surface area contributed by atoms with E-state index in [1.165, 1.54) is 0 Å². The minimum absolute atomic E-state index is 0.162. The van der Waals surface area contributed by atoms with Crippen molar-refractivity contribution >= 4 is 5.91 Å². The molecule has 0 aliphatic carbocycles. The average Bonchev–Trinajstić information content (AvgIpc) is 2.40. The first-order valence-corrected chi connectivity index (χ1v) is 6.46. The third-order valence-corrected chi connectivity index (χ3v) is 3.60. The van der Waals surface area contributed by atoms with Crippen molar-refractivity contribution in [2.75, 3.05) is 45.8 Å². The molecule has 2 saturated heterocycles.